The molecule has 0 N–H and O–H groups in total. The highest BCUT2D eigenvalue weighted by Gasteiger charge is 2.24. The van der Waals surface area contributed by atoms with Gasteiger partial charge < -0.3 is 18.8 Å². The van der Waals surface area contributed by atoms with E-state index in [9.17, 15) is 9.59 Å². The molecule has 0 atom stereocenters. The van der Waals surface area contributed by atoms with Crippen LogP contribution in [-0.2, 0) is 22.4 Å². The van der Waals surface area contributed by atoms with Crippen LogP contribution in [0.5, 0.6) is 5.75 Å². The number of hydrogen-bond donors (Lipinski definition) is 0. The number of nitrogens with zero attached hydrogens (tertiary/aromatic N) is 3. The minimum Gasteiger partial charge on any atom is -0.497 e. The fraction of sp³-hybridized carbons (Fsp3) is 0.364. The van der Waals surface area contributed by atoms with Crippen LogP contribution in [-0.4, -0.2) is 47.0 Å². The molecule has 0 aliphatic carbocycles. The molecule has 0 amide bonds. The monoisotopic (exact) mass is 411 g/mol. The minimum atomic E-state index is -0.609. The molecule has 0 saturated heterocycles. The van der Waals surface area contributed by atoms with E-state index in [-0.39, 0.29) is 24.3 Å². The smallest absolute Gasteiger partial charge is 0.341 e. The second-order valence-electron chi connectivity index (χ2n) is 6.56. The average Bonchev–Trinajstić information content (AvgIpc) is 3.16. The van der Waals surface area contributed by atoms with Gasteiger partial charge in [0.15, 0.2) is 0 Å². The van der Waals surface area contributed by atoms with Crippen molar-refractivity contribution in [3.05, 3.63) is 53.5 Å². The quantitative estimate of drug-likeness (QED) is 0.498. The average molecular weight is 411 g/mol. The molecule has 3 rings (SSSR count). The molecule has 0 saturated carbocycles. The number of ether oxygens (including phenoxy) is 3. The standard InChI is InChI=1S/C22H25N3O5/c1-4-29-21(26)17-14-23-24-18(20(17)22(27)30-5-2)7-6-11-25-12-10-15-13-16(28-3)8-9-19(15)25/h8-10,12-14H,4-7,11H2,1-3H3. The normalized spacial score (nSPS) is 10.8. The molecule has 0 bridgehead atoms. The first-order valence-corrected chi connectivity index (χ1v) is 9.90. The Hall–Kier alpha value is -3.42. The van der Waals surface area contributed by atoms with E-state index in [1.54, 1.807) is 21.0 Å². The highest BCUT2D eigenvalue weighted by atomic mass is 16.5. The molecule has 3 aromatic rings. The second-order valence-corrected chi connectivity index (χ2v) is 6.56. The van der Waals surface area contributed by atoms with E-state index in [0.717, 1.165) is 16.7 Å². The summed E-state index contributed by atoms with van der Waals surface area (Å²) in [7, 11) is 1.64. The SMILES string of the molecule is CCOC(=O)c1cnnc(CCCn2ccc3cc(OC)ccc32)c1C(=O)OCC. The fourth-order valence-electron chi connectivity index (χ4n) is 3.31. The maximum Gasteiger partial charge on any atom is 0.341 e. The molecule has 2 aromatic heterocycles. The van der Waals surface area contributed by atoms with Gasteiger partial charge in [-0.15, -0.1) is 0 Å². The van der Waals surface area contributed by atoms with Crippen LogP contribution in [0.4, 0.5) is 0 Å². The van der Waals surface area contributed by atoms with Gasteiger partial charge in [-0.25, -0.2) is 9.59 Å². The third-order valence-electron chi connectivity index (χ3n) is 4.69. The summed E-state index contributed by atoms with van der Waals surface area (Å²) in [6.07, 6.45) is 4.42. The molecule has 0 aliphatic rings. The van der Waals surface area contributed by atoms with Crippen molar-refractivity contribution in [1.82, 2.24) is 14.8 Å². The van der Waals surface area contributed by atoms with Crippen molar-refractivity contribution in [2.45, 2.75) is 33.2 Å². The molecule has 0 unspecified atom stereocenters. The molecular formula is C22H25N3O5. The number of carbonyl (C=O) groups excluding carboxylic acids is 2. The summed E-state index contributed by atoms with van der Waals surface area (Å²) in [4.78, 5) is 24.8. The Bertz CT molecular complexity index is 1040. The first-order chi connectivity index (χ1) is 14.6. The van der Waals surface area contributed by atoms with Crippen LogP contribution >= 0.6 is 0 Å². The van der Waals surface area contributed by atoms with Gasteiger partial charge >= 0.3 is 11.9 Å². The topological polar surface area (TPSA) is 92.5 Å². The number of fused-ring (bicyclic) bond motifs is 1. The van der Waals surface area contributed by atoms with Crippen LogP contribution in [0, 0.1) is 0 Å². The first-order valence-electron chi connectivity index (χ1n) is 9.90. The van der Waals surface area contributed by atoms with Crippen molar-refractivity contribution >= 4 is 22.8 Å². The molecule has 0 fully saturated rings. The third kappa shape index (κ3) is 4.59. The van der Waals surface area contributed by atoms with Gasteiger partial charge in [0.1, 0.15) is 5.75 Å². The predicted octanol–water partition coefficient (Wildman–Crippen LogP) is 3.43. The van der Waals surface area contributed by atoms with Crippen molar-refractivity contribution in [3.8, 4) is 5.75 Å². The molecule has 2 heterocycles. The number of methoxy groups -OCH3 is 1. The second kappa shape index (κ2) is 9.87. The van der Waals surface area contributed by atoms with E-state index >= 15 is 0 Å². The Balaban J connectivity index is 1.80. The van der Waals surface area contributed by atoms with Crippen molar-refractivity contribution in [2.24, 2.45) is 0 Å². The van der Waals surface area contributed by atoms with Gasteiger partial charge in [0, 0.05) is 23.6 Å². The van der Waals surface area contributed by atoms with Gasteiger partial charge in [0.05, 0.1) is 43.3 Å². The van der Waals surface area contributed by atoms with Crippen molar-refractivity contribution in [3.63, 3.8) is 0 Å². The van der Waals surface area contributed by atoms with Crippen LogP contribution in [0.1, 0.15) is 46.7 Å². The van der Waals surface area contributed by atoms with E-state index in [1.165, 1.54) is 6.20 Å². The van der Waals surface area contributed by atoms with E-state index in [0.29, 0.717) is 25.1 Å². The Morgan fingerprint density at radius 3 is 2.57 bits per heavy atom. The lowest BCUT2D eigenvalue weighted by Crippen LogP contribution is -2.19. The van der Waals surface area contributed by atoms with E-state index in [2.05, 4.69) is 14.8 Å². The zero-order chi connectivity index (χ0) is 21.5. The summed E-state index contributed by atoms with van der Waals surface area (Å²) in [5.74, 6) is -0.392. The molecule has 8 nitrogen and oxygen atoms in total. The van der Waals surface area contributed by atoms with Crippen LogP contribution in [0.2, 0.25) is 0 Å². The molecule has 0 radical (unpaired) electrons. The largest absolute Gasteiger partial charge is 0.497 e. The lowest BCUT2D eigenvalue weighted by molar-refractivity contribution is 0.0476. The zero-order valence-corrected chi connectivity index (χ0v) is 17.4. The lowest BCUT2D eigenvalue weighted by Gasteiger charge is -2.12. The third-order valence-corrected chi connectivity index (χ3v) is 4.69. The van der Waals surface area contributed by atoms with Gasteiger partial charge in [-0.05, 0) is 51.0 Å². The molecule has 1 aromatic carbocycles. The van der Waals surface area contributed by atoms with Crippen LogP contribution < -0.4 is 4.74 Å². The Morgan fingerprint density at radius 1 is 1.07 bits per heavy atom. The molecule has 158 valence electrons. The fourth-order valence-corrected chi connectivity index (χ4v) is 3.31. The van der Waals surface area contributed by atoms with Gasteiger partial charge in [-0.1, -0.05) is 0 Å². The number of esters is 2. The summed E-state index contributed by atoms with van der Waals surface area (Å²) in [5, 5.41) is 9.09. The summed E-state index contributed by atoms with van der Waals surface area (Å²) in [6, 6.07) is 7.95. The van der Waals surface area contributed by atoms with Crippen molar-refractivity contribution < 1.29 is 23.8 Å². The highest BCUT2D eigenvalue weighted by molar-refractivity contribution is 6.03. The number of rotatable bonds is 9. The molecule has 0 spiro atoms. The Labute approximate surface area is 174 Å². The van der Waals surface area contributed by atoms with Crippen LogP contribution in [0.3, 0.4) is 0 Å². The van der Waals surface area contributed by atoms with Gasteiger partial charge in [-0.2, -0.15) is 10.2 Å². The molecular weight excluding hydrogens is 386 g/mol. The van der Waals surface area contributed by atoms with E-state index < -0.39 is 11.9 Å². The number of aromatic nitrogens is 3. The zero-order valence-electron chi connectivity index (χ0n) is 17.4. The Morgan fingerprint density at radius 2 is 1.83 bits per heavy atom. The summed E-state index contributed by atoms with van der Waals surface area (Å²) in [5.41, 5.74) is 1.73. The molecule has 30 heavy (non-hydrogen) atoms. The number of benzene rings is 1. The molecule has 8 heteroatoms. The molecule has 0 aliphatic heterocycles. The van der Waals surface area contributed by atoms with E-state index in [1.807, 2.05) is 30.5 Å². The summed E-state index contributed by atoms with van der Waals surface area (Å²) < 4.78 is 17.6. The number of hydrogen-bond acceptors (Lipinski definition) is 7. The van der Waals surface area contributed by atoms with Crippen molar-refractivity contribution in [1.29, 1.82) is 0 Å². The maximum absolute atomic E-state index is 12.5. The predicted molar refractivity (Wildman–Crippen MR) is 111 cm³/mol. The Kier molecular flexibility index (Phi) is 7.00. The summed E-state index contributed by atoms with van der Waals surface area (Å²) in [6.45, 7) is 4.52. The van der Waals surface area contributed by atoms with Gasteiger partial charge in [0.25, 0.3) is 0 Å². The number of aryl methyl sites for hydroxylation is 2. The minimum absolute atomic E-state index is 0.0822. The highest BCUT2D eigenvalue weighted by Crippen LogP contribution is 2.23. The van der Waals surface area contributed by atoms with Gasteiger partial charge in [-0.3, -0.25) is 0 Å². The summed E-state index contributed by atoms with van der Waals surface area (Å²) >= 11 is 0. The first kappa shape index (κ1) is 21.3. The van der Waals surface area contributed by atoms with Crippen LogP contribution in [0.25, 0.3) is 10.9 Å². The van der Waals surface area contributed by atoms with E-state index in [4.69, 9.17) is 14.2 Å². The van der Waals surface area contributed by atoms with Crippen molar-refractivity contribution in [2.75, 3.05) is 20.3 Å². The number of carbonyl (C=O) groups is 2. The van der Waals surface area contributed by atoms with Gasteiger partial charge in [0.2, 0.25) is 0 Å². The maximum atomic E-state index is 12.5. The lowest BCUT2D eigenvalue weighted by atomic mass is 10.0. The van der Waals surface area contributed by atoms with Crippen LogP contribution in [0.15, 0.2) is 36.7 Å².